The number of benzene rings is 2. The van der Waals surface area contributed by atoms with Crippen molar-refractivity contribution < 1.29 is 14.3 Å². The SMILES string of the molecule is Cc1c(COC(=O)[C@H]2[C@@H](C=O)C2(C)C)cccc1-c1ccccc1. The first kappa shape index (κ1) is 16.4. The first-order chi connectivity index (χ1) is 11.5. The average molecular weight is 322 g/mol. The summed E-state index contributed by atoms with van der Waals surface area (Å²) < 4.78 is 5.49. The largest absolute Gasteiger partial charge is 0.461 e. The molecule has 0 unspecified atom stereocenters. The predicted molar refractivity (Wildman–Crippen MR) is 93.2 cm³/mol. The summed E-state index contributed by atoms with van der Waals surface area (Å²) in [7, 11) is 0. The number of hydrogen-bond acceptors (Lipinski definition) is 3. The summed E-state index contributed by atoms with van der Waals surface area (Å²) in [5.74, 6) is -0.809. The van der Waals surface area contributed by atoms with Crippen molar-refractivity contribution in [2.24, 2.45) is 17.3 Å². The van der Waals surface area contributed by atoms with Crippen LogP contribution in [0.15, 0.2) is 48.5 Å². The molecule has 0 radical (unpaired) electrons. The Balaban J connectivity index is 1.73. The van der Waals surface area contributed by atoms with Crippen LogP contribution in [0.1, 0.15) is 25.0 Å². The molecule has 2 atom stereocenters. The second-order valence-corrected chi connectivity index (χ2v) is 7.02. The fraction of sp³-hybridized carbons (Fsp3) is 0.333. The maximum absolute atomic E-state index is 12.2. The Morgan fingerprint density at radius 3 is 2.46 bits per heavy atom. The summed E-state index contributed by atoms with van der Waals surface area (Å²) in [4.78, 5) is 23.3. The Labute approximate surface area is 142 Å². The third-order valence-electron chi connectivity index (χ3n) is 5.21. The third kappa shape index (κ3) is 2.86. The normalized spacial score (nSPS) is 21.1. The van der Waals surface area contributed by atoms with E-state index in [1.807, 2.05) is 51.1 Å². The van der Waals surface area contributed by atoms with Gasteiger partial charge in [-0.2, -0.15) is 0 Å². The van der Waals surface area contributed by atoms with Gasteiger partial charge in [0, 0.05) is 5.92 Å². The monoisotopic (exact) mass is 322 g/mol. The zero-order chi connectivity index (χ0) is 17.3. The van der Waals surface area contributed by atoms with Gasteiger partial charge in [0.05, 0.1) is 5.92 Å². The third-order valence-corrected chi connectivity index (χ3v) is 5.21. The van der Waals surface area contributed by atoms with Crippen LogP contribution in [0.25, 0.3) is 11.1 Å². The van der Waals surface area contributed by atoms with Crippen LogP contribution in [0.5, 0.6) is 0 Å². The molecule has 0 spiro atoms. The predicted octanol–water partition coefficient (Wildman–Crippen LogP) is 4.18. The lowest BCUT2D eigenvalue weighted by Crippen LogP contribution is -2.11. The molecule has 2 aromatic rings. The van der Waals surface area contributed by atoms with Gasteiger partial charge in [-0.25, -0.2) is 0 Å². The lowest BCUT2D eigenvalue weighted by molar-refractivity contribution is -0.148. The standard InChI is InChI=1S/C21H22O3/c1-14-16(10-7-11-17(14)15-8-5-4-6-9-15)13-24-20(23)19-18(12-22)21(19,2)3/h4-12,18-19H,13H2,1-3H3/t18-,19-/m1/s1. The van der Waals surface area contributed by atoms with Crippen molar-refractivity contribution >= 4 is 12.3 Å². The van der Waals surface area contributed by atoms with Crippen LogP contribution in [-0.2, 0) is 20.9 Å². The average Bonchev–Trinajstić information content (AvgIpc) is 3.15. The molecule has 1 fully saturated rings. The van der Waals surface area contributed by atoms with Crippen LogP contribution in [0, 0.1) is 24.2 Å². The minimum Gasteiger partial charge on any atom is -0.461 e. The van der Waals surface area contributed by atoms with E-state index in [0.717, 1.165) is 28.5 Å². The summed E-state index contributed by atoms with van der Waals surface area (Å²) in [6, 6.07) is 16.2. The quantitative estimate of drug-likeness (QED) is 0.613. The topological polar surface area (TPSA) is 43.4 Å². The van der Waals surface area contributed by atoms with Crippen molar-refractivity contribution in [3.05, 3.63) is 59.7 Å². The molecule has 0 N–H and O–H groups in total. The van der Waals surface area contributed by atoms with E-state index in [0.29, 0.717) is 0 Å². The van der Waals surface area contributed by atoms with Crippen LogP contribution >= 0.6 is 0 Å². The van der Waals surface area contributed by atoms with E-state index in [-0.39, 0.29) is 29.8 Å². The molecular formula is C21H22O3. The Morgan fingerprint density at radius 2 is 1.83 bits per heavy atom. The van der Waals surface area contributed by atoms with E-state index < -0.39 is 0 Å². The maximum Gasteiger partial charge on any atom is 0.310 e. The molecule has 1 saturated carbocycles. The van der Waals surface area contributed by atoms with Crippen molar-refractivity contribution in [1.29, 1.82) is 0 Å². The molecule has 1 aliphatic carbocycles. The molecule has 0 amide bonds. The van der Waals surface area contributed by atoms with E-state index in [4.69, 9.17) is 4.74 Å². The number of hydrogen-bond donors (Lipinski definition) is 0. The number of aldehydes is 1. The summed E-state index contributed by atoms with van der Waals surface area (Å²) >= 11 is 0. The van der Waals surface area contributed by atoms with Crippen LogP contribution in [-0.4, -0.2) is 12.3 Å². The highest BCUT2D eigenvalue weighted by atomic mass is 16.5. The molecule has 3 nitrogen and oxygen atoms in total. The molecule has 0 aromatic heterocycles. The van der Waals surface area contributed by atoms with Crippen molar-refractivity contribution in [2.75, 3.05) is 0 Å². The minimum atomic E-state index is -0.312. The Kier molecular flexibility index (Phi) is 4.27. The second-order valence-electron chi connectivity index (χ2n) is 7.02. The Bertz CT molecular complexity index is 762. The van der Waals surface area contributed by atoms with Gasteiger partial charge in [-0.15, -0.1) is 0 Å². The van der Waals surface area contributed by atoms with Gasteiger partial charge in [0.15, 0.2) is 0 Å². The van der Waals surface area contributed by atoms with Gasteiger partial charge in [-0.1, -0.05) is 62.4 Å². The highest BCUT2D eigenvalue weighted by Crippen LogP contribution is 2.57. The molecule has 2 aromatic carbocycles. The number of esters is 1. The summed E-state index contributed by atoms with van der Waals surface area (Å²) in [6.07, 6.45) is 0.868. The van der Waals surface area contributed by atoms with Gasteiger partial charge in [-0.3, -0.25) is 4.79 Å². The molecule has 0 aliphatic heterocycles. The molecule has 1 aliphatic rings. The molecule has 124 valence electrons. The van der Waals surface area contributed by atoms with E-state index in [9.17, 15) is 9.59 Å². The minimum absolute atomic E-state index is 0.221. The second kappa shape index (κ2) is 6.23. The molecule has 0 heterocycles. The summed E-state index contributed by atoms with van der Waals surface area (Å²) in [5.41, 5.74) is 4.11. The lowest BCUT2D eigenvalue weighted by atomic mass is 9.97. The van der Waals surface area contributed by atoms with E-state index in [2.05, 4.69) is 18.2 Å². The highest BCUT2D eigenvalue weighted by Gasteiger charge is 2.62. The number of carbonyl (C=O) groups is 2. The first-order valence-corrected chi connectivity index (χ1v) is 8.22. The number of rotatable bonds is 5. The van der Waals surface area contributed by atoms with Gasteiger partial charge in [0.1, 0.15) is 12.9 Å². The van der Waals surface area contributed by atoms with Crippen LogP contribution in [0.3, 0.4) is 0 Å². The molecular weight excluding hydrogens is 300 g/mol. The van der Waals surface area contributed by atoms with Gasteiger partial charge in [0.25, 0.3) is 0 Å². The zero-order valence-electron chi connectivity index (χ0n) is 14.3. The summed E-state index contributed by atoms with van der Waals surface area (Å²) in [5, 5.41) is 0. The fourth-order valence-electron chi connectivity index (χ4n) is 3.39. The molecule has 0 bridgehead atoms. The van der Waals surface area contributed by atoms with Gasteiger partial charge < -0.3 is 9.53 Å². The Hall–Kier alpha value is -2.42. The fourth-order valence-corrected chi connectivity index (χ4v) is 3.39. The maximum atomic E-state index is 12.2. The van der Waals surface area contributed by atoms with Crippen molar-refractivity contribution in [3.63, 3.8) is 0 Å². The van der Waals surface area contributed by atoms with Gasteiger partial charge in [0.2, 0.25) is 0 Å². The molecule has 24 heavy (non-hydrogen) atoms. The van der Waals surface area contributed by atoms with Crippen molar-refractivity contribution in [3.8, 4) is 11.1 Å². The summed E-state index contributed by atoms with van der Waals surface area (Å²) in [6.45, 7) is 6.14. The molecule has 3 heteroatoms. The van der Waals surface area contributed by atoms with E-state index >= 15 is 0 Å². The van der Waals surface area contributed by atoms with E-state index in [1.165, 1.54) is 0 Å². The van der Waals surface area contributed by atoms with Gasteiger partial charge in [-0.05, 0) is 34.6 Å². The van der Waals surface area contributed by atoms with Crippen LogP contribution < -0.4 is 0 Å². The highest BCUT2D eigenvalue weighted by molar-refractivity contribution is 5.84. The molecule has 0 saturated heterocycles. The molecule has 3 rings (SSSR count). The van der Waals surface area contributed by atoms with E-state index in [1.54, 1.807) is 0 Å². The van der Waals surface area contributed by atoms with Gasteiger partial charge >= 0.3 is 5.97 Å². The number of ether oxygens (including phenoxy) is 1. The first-order valence-electron chi connectivity index (χ1n) is 8.22. The van der Waals surface area contributed by atoms with Crippen molar-refractivity contribution in [2.45, 2.75) is 27.4 Å². The van der Waals surface area contributed by atoms with Crippen molar-refractivity contribution in [1.82, 2.24) is 0 Å². The zero-order valence-corrected chi connectivity index (χ0v) is 14.3. The smallest absolute Gasteiger partial charge is 0.310 e. The Morgan fingerprint density at radius 1 is 1.12 bits per heavy atom. The van der Waals surface area contributed by atoms with Crippen LogP contribution in [0.2, 0.25) is 0 Å². The van der Waals surface area contributed by atoms with Crippen LogP contribution in [0.4, 0.5) is 0 Å². The number of carbonyl (C=O) groups excluding carboxylic acids is 2. The lowest BCUT2D eigenvalue weighted by Gasteiger charge is -2.12.